The number of carbonyl (C=O) groups excluding carboxylic acids is 1. The first-order valence-electron chi connectivity index (χ1n) is 8.58. The molecule has 25 heavy (non-hydrogen) atoms. The average Bonchev–Trinajstić information content (AvgIpc) is 2.62. The molecule has 1 aliphatic carbocycles. The summed E-state index contributed by atoms with van der Waals surface area (Å²) in [5.74, 6) is 0.873. The lowest BCUT2D eigenvalue weighted by molar-refractivity contribution is 0.102. The predicted molar refractivity (Wildman–Crippen MR) is 96.4 cm³/mol. The van der Waals surface area contributed by atoms with E-state index in [9.17, 15) is 4.79 Å². The molecule has 0 saturated heterocycles. The lowest BCUT2D eigenvalue weighted by atomic mass is 9.95. The zero-order chi connectivity index (χ0) is 17.6. The van der Waals surface area contributed by atoms with Crippen LogP contribution in [0, 0.1) is 18.3 Å². The van der Waals surface area contributed by atoms with Gasteiger partial charge >= 0.3 is 0 Å². The summed E-state index contributed by atoms with van der Waals surface area (Å²) < 4.78 is 0. The minimum absolute atomic E-state index is 0.290. The highest BCUT2D eigenvalue weighted by Crippen LogP contribution is 2.21. The van der Waals surface area contributed by atoms with Gasteiger partial charge in [-0.25, -0.2) is 9.97 Å². The number of para-hydroxylation sites is 1. The van der Waals surface area contributed by atoms with Gasteiger partial charge in [0.05, 0.1) is 11.3 Å². The largest absolute Gasteiger partial charge is 0.367 e. The summed E-state index contributed by atoms with van der Waals surface area (Å²) in [5.41, 5.74) is 1.19. The van der Waals surface area contributed by atoms with Crippen LogP contribution < -0.4 is 10.6 Å². The summed E-state index contributed by atoms with van der Waals surface area (Å²) in [6, 6.07) is 11.0. The molecule has 1 amide bonds. The molecule has 2 N–H and O–H groups in total. The number of nitriles is 1. The van der Waals surface area contributed by atoms with Crippen molar-refractivity contribution in [1.82, 2.24) is 9.97 Å². The maximum atomic E-state index is 12.5. The van der Waals surface area contributed by atoms with Crippen molar-refractivity contribution in [3.8, 4) is 6.07 Å². The lowest BCUT2D eigenvalue weighted by Gasteiger charge is -2.23. The average molecular weight is 335 g/mol. The van der Waals surface area contributed by atoms with Gasteiger partial charge in [0.25, 0.3) is 5.91 Å². The molecule has 1 aliphatic rings. The Bertz CT molecular complexity index is 806. The van der Waals surface area contributed by atoms with Crippen LogP contribution >= 0.6 is 0 Å². The molecule has 2 aromatic rings. The molecule has 0 spiro atoms. The maximum absolute atomic E-state index is 12.5. The highest BCUT2D eigenvalue weighted by molar-refractivity contribution is 6.03. The minimum atomic E-state index is -0.347. The first-order valence-corrected chi connectivity index (χ1v) is 8.58. The second kappa shape index (κ2) is 7.75. The number of amides is 1. The number of nitrogens with one attached hydrogen (secondary N) is 2. The zero-order valence-electron chi connectivity index (χ0n) is 14.2. The summed E-state index contributed by atoms with van der Waals surface area (Å²) >= 11 is 0. The molecule has 128 valence electrons. The molecule has 0 bridgehead atoms. The molecule has 0 radical (unpaired) electrons. The normalized spacial score (nSPS) is 14.6. The van der Waals surface area contributed by atoms with E-state index in [1.807, 2.05) is 0 Å². The van der Waals surface area contributed by atoms with Crippen LogP contribution in [0.4, 0.5) is 11.5 Å². The second-order valence-corrected chi connectivity index (χ2v) is 6.28. The number of rotatable bonds is 4. The van der Waals surface area contributed by atoms with Gasteiger partial charge < -0.3 is 10.6 Å². The van der Waals surface area contributed by atoms with E-state index in [2.05, 4.69) is 26.7 Å². The van der Waals surface area contributed by atoms with Crippen molar-refractivity contribution >= 4 is 17.4 Å². The summed E-state index contributed by atoms with van der Waals surface area (Å²) in [5, 5.41) is 15.3. The highest BCUT2D eigenvalue weighted by Gasteiger charge is 2.16. The van der Waals surface area contributed by atoms with Crippen molar-refractivity contribution in [3.05, 3.63) is 47.4 Å². The zero-order valence-corrected chi connectivity index (χ0v) is 14.2. The van der Waals surface area contributed by atoms with Gasteiger partial charge in [0, 0.05) is 12.1 Å². The van der Waals surface area contributed by atoms with Crippen molar-refractivity contribution in [3.63, 3.8) is 0 Å². The van der Waals surface area contributed by atoms with Gasteiger partial charge in [-0.2, -0.15) is 5.26 Å². The Morgan fingerprint density at radius 1 is 1.20 bits per heavy atom. The Labute approximate surface area is 147 Å². The van der Waals surface area contributed by atoms with E-state index in [1.165, 1.54) is 19.3 Å². The van der Waals surface area contributed by atoms with Crippen LogP contribution in [0.2, 0.25) is 0 Å². The molecule has 1 aromatic carbocycles. The molecule has 6 nitrogen and oxygen atoms in total. The van der Waals surface area contributed by atoms with Crippen LogP contribution in [0.3, 0.4) is 0 Å². The van der Waals surface area contributed by atoms with Crippen molar-refractivity contribution in [2.24, 2.45) is 0 Å². The van der Waals surface area contributed by atoms with E-state index in [0.29, 0.717) is 34.6 Å². The van der Waals surface area contributed by atoms with E-state index in [4.69, 9.17) is 5.26 Å². The van der Waals surface area contributed by atoms with Crippen molar-refractivity contribution in [2.75, 3.05) is 10.6 Å². The third kappa shape index (κ3) is 4.32. The molecular weight excluding hydrogens is 314 g/mol. The maximum Gasteiger partial charge on any atom is 0.274 e. The Morgan fingerprint density at radius 2 is 1.96 bits per heavy atom. The summed E-state index contributed by atoms with van der Waals surface area (Å²) in [6.45, 7) is 1.77. The number of aromatic nitrogens is 2. The predicted octanol–water partition coefficient (Wildman–Crippen LogP) is 3.65. The number of carbonyl (C=O) groups is 1. The van der Waals surface area contributed by atoms with Gasteiger partial charge in [0.15, 0.2) is 0 Å². The number of nitrogens with zero attached hydrogens (tertiary/aromatic N) is 3. The molecular formula is C19H21N5O. The van der Waals surface area contributed by atoms with E-state index in [0.717, 1.165) is 12.8 Å². The Morgan fingerprint density at radius 3 is 2.72 bits per heavy atom. The van der Waals surface area contributed by atoms with E-state index < -0.39 is 0 Å². The van der Waals surface area contributed by atoms with Crippen molar-refractivity contribution in [2.45, 2.75) is 45.1 Å². The molecule has 0 aliphatic heterocycles. The molecule has 0 unspecified atom stereocenters. The molecule has 3 rings (SSSR count). The number of benzene rings is 1. The van der Waals surface area contributed by atoms with Gasteiger partial charge in [0.2, 0.25) is 0 Å². The summed E-state index contributed by atoms with van der Waals surface area (Å²) in [4.78, 5) is 21.2. The number of hydrogen-bond acceptors (Lipinski definition) is 5. The molecule has 1 saturated carbocycles. The van der Waals surface area contributed by atoms with Gasteiger partial charge in [0.1, 0.15) is 23.4 Å². The third-order valence-electron chi connectivity index (χ3n) is 4.32. The summed E-state index contributed by atoms with van der Waals surface area (Å²) in [7, 11) is 0. The van der Waals surface area contributed by atoms with E-state index in [1.54, 1.807) is 37.3 Å². The van der Waals surface area contributed by atoms with Crippen LogP contribution in [-0.2, 0) is 0 Å². The fraction of sp³-hybridized carbons (Fsp3) is 0.368. The van der Waals surface area contributed by atoms with Crippen LogP contribution in [0.1, 0.15) is 54.0 Å². The Kier molecular flexibility index (Phi) is 5.24. The molecule has 1 fully saturated rings. The van der Waals surface area contributed by atoms with E-state index in [-0.39, 0.29) is 5.91 Å². The lowest BCUT2D eigenvalue weighted by Crippen LogP contribution is -2.24. The molecule has 1 aromatic heterocycles. The fourth-order valence-electron chi connectivity index (χ4n) is 3.09. The van der Waals surface area contributed by atoms with Crippen LogP contribution in [-0.4, -0.2) is 21.9 Å². The molecule has 6 heteroatoms. The smallest absolute Gasteiger partial charge is 0.274 e. The SMILES string of the molecule is Cc1nc(NC2CCCCC2)cc(C(=O)Nc2ccccc2C#N)n1. The highest BCUT2D eigenvalue weighted by atomic mass is 16.1. The van der Waals surface area contributed by atoms with Crippen molar-refractivity contribution in [1.29, 1.82) is 5.26 Å². The van der Waals surface area contributed by atoms with Gasteiger partial charge in [-0.15, -0.1) is 0 Å². The minimum Gasteiger partial charge on any atom is -0.367 e. The van der Waals surface area contributed by atoms with Crippen molar-refractivity contribution < 1.29 is 4.79 Å². The van der Waals surface area contributed by atoms with E-state index >= 15 is 0 Å². The fourth-order valence-corrected chi connectivity index (χ4v) is 3.09. The molecule has 0 atom stereocenters. The van der Waals surface area contributed by atoms with Gasteiger partial charge in [-0.1, -0.05) is 31.4 Å². The Balaban J connectivity index is 1.77. The van der Waals surface area contributed by atoms with Crippen LogP contribution in [0.25, 0.3) is 0 Å². The van der Waals surface area contributed by atoms with Gasteiger partial charge in [-0.3, -0.25) is 4.79 Å². The van der Waals surface area contributed by atoms with Gasteiger partial charge in [-0.05, 0) is 31.9 Å². The second-order valence-electron chi connectivity index (χ2n) is 6.28. The number of anilines is 2. The standard InChI is InChI=1S/C19H21N5O/c1-13-21-17(11-18(22-13)23-15-8-3-2-4-9-15)19(25)24-16-10-6-5-7-14(16)12-20/h5-7,10-11,15H,2-4,8-9H2,1H3,(H,24,25)(H,21,22,23). The van der Waals surface area contributed by atoms with Crippen LogP contribution in [0.5, 0.6) is 0 Å². The third-order valence-corrected chi connectivity index (χ3v) is 4.32. The first-order chi connectivity index (χ1) is 12.2. The monoisotopic (exact) mass is 335 g/mol. The molecule has 1 heterocycles. The Hall–Kier alpha value is -2.94. The number of aryl methyl sites for hydroxylation is 1. The van der Waals surface area contributed by atoms with Crippen LogP contribution in [0.15, 0.2) is 30.3 Å². The first kappa shape index (κ1) is 16.9. The number of hydrogen-bond donors (Lipinski definition) is 2. The topological polar surface area (TPSA) is 90.7 Å². The quantitative estimate of drug-likeness (QED) is 0.890. The summed E-state index contributed by atoms with van der Waals surface area (Å²) in [6.07, 6.45) is 5.98.